The third-order valence-corrected chi connectivity index (χ3v) is 29.8. The largest absolute Gasteiger partial charge is 0.500 e. The average molecular weight is 577 g/mol. The third kappa shape index (κ3) is 10.1. The molecule has 0 amide bonds. The average Bonchev–Trinajstić information content (AvgIpc) is 2.64. The molecule has 0 aromatic carbocycles. The summed E-state index contributed by atoms with van der Waals surface area (Å²) in [6, 6.07) is 3.31. The summed E-state index contributed by atoms with van der Waals surface area (Å²) in [4.78, 5) is 0. The van der Waals surface area contributed by atoms with Crippen molar-refractivity contribution in [3.63, 3.8) is 0 Å². The smallest absolute Gasteiger partial charge is 0.421 e. The van der Waals surface area contributed by atoms with E-state index < -0.39 is 51.4 Å². The molecule has 1 fully saturated rings. The van der Waals surface area contributed by atoms with Gasteiger partial charge in [-0.25, -0.2) is 0 Å². The van der Waals surface area contributed by atoms with E-state index in [1.165, 1.54) is 0 Å². The molecule has 0 radical (unpaired) electrons. The molecule has 0 aromatic heterocycles. The first kappa shape index (κ1) is 31.2. The van der Waals surface area contributed by atoms with Gasteiger partial charge in [-0.05, 0) is 70.5 Å². The fourth-order valence-corrected chi connectivity index (χ4v) is 36.3. The lowest BCUT2D eigenvalue weighted by Crippen LogP contribution is -2.66. The quantitative estimate of drug-likeness (QED) is 0.324. The van der Waals surface area contributed by atoms with Crippen molar-refractivity contribution in [2.45, 2.75) is 83.1 Å². The van der Waals surface area contributed by atoms with Gasteiger partial charge in [-0.1, -0.05) is 6.55 Å². The second kappa shape index (κ2) is 12.0. The Hall–Kier alpha value is 1.20. The van der Waals surface area contributed by atoms with E-state index in [1.54, 1.807) is 21.3 Å². The second-order valence-corrected chi connectivity index (χ2v) is 33.6. The van der Waals surface area contributed by atoms with Crippen LogP contribution < -0.4 is 0 Å². The molecular weight excluding hydrogens is 529 g/mol. The summed E-state index contributed by atoms with van der Waals surface area (Å²) in [6.45, 7) is 19.7. The lowest BCUT2D eigenvalue weighted by atomic mass is 10.9. The van der Waals surface area contributed by atoms with Crippen molar-refractivity contribution >= 4 is 60.9 Å². The van der Waals surface area contributed by atoms with Crippen molar-refractivity contribution < 1.29 is 34.2 Å². The van der Waals surface area contributed by atoms with Gasteiger partial charge in [0.15, 0.2) is 8.32 Å². The molecule has 192 valence electrons. The minimum Gasteiger partial charge on any atom is -0.421 e. The molecule has 32 heavy (non-hydrogen) atoms. The molecular formula is C17H48O8Si7. The highest BCUT2D eigenvalue weighted by molar-refractivity contribution is 6.94. The van der Waals surface area contributed by atoms with Gasteiger partial charge < -0.3 is 34.2 Å². The molecule has 15 heteroatoms. The Morgan fingerprint density at radius 1 is 0.688 bits per heavy atom. The van der Waals surface area contributed by atoms with Crippen LogP contribution in [0.25, 0.3) is 0 Å². The fourth-order valence-electron chi connectivity index (χ4n) is 4.28. The Bertz CT molecular complexity index is 561. The van der Waals surface area contributed by atoms with Gasteiger partial charge >= 0.3 is 43.0 Å². The summed E-state index contributed by atoms with van der Waals surface area (Å²) in [7, 11) is -9.67. The Kier molecular flexibility index (Phi) is 11.7. The zero-order chi connectivity index (χ0) is 24.9. The van der Waals surface area contributed by atoms with Gasteiger partial charge in [-0.15, -0.1) is 0 Å². The first-order valence-electron chi connectivity index (χ1n) is 11.6. The molecule has 0 unspecified atom stereocenters. The van der Waals surface area contributed by atoms with Gasteiger partial charge in [0.25, 0.3) is 0 Å². The maximum Gasteiger partial charge on any atom is 0.500 e. The van der Waals surface area contributed by atoms with Crippen molar-refractivity contribution in [3.8, 4) is 0 Å². The predicted octanol–water partition coefficient (Wildman–Crippen LogP) is 3.89. The van der Waals surface area contributed by atoms with Crippen molar-refractivity contribution in [1.82, 2.24) is 0 Å². The van der Waals surface area contributed by atoms with E-state index in [9.17, 15) is 0 Å². The van der Waals surface area contributed by atoms with E-state index in [-0.39, 0.29) is 9.52 Å². The molecule has 0 N–H and O–H groups in total. The second-order valence-electron chi connectivity index (χ2n) is 10.4. The predicted molar refractivity (Wildman–Crippen MR) is 146 cm³/mol. The van der Waals surface area contributed by atoms with Crippen LogP contribution in [0.15, 0.2) is 0 Å². The van der Waals surface area contributed by atoms with Crippen molar-refractivity contribution in [1.29, 1.82) is 0 Å². The van der Waals surface area contributed by atoms with Gasteiger partial charge in [0.05, 0.1) is 0 Å². The van der Waals surface area contributed by atoms with Crippen molar-refractivity contribution in [2.24, 2.45) is 0 Å². The molecule has 0 bridgehead atoms. The third-order valence-electron chi connectivity index (χ3n) is 5.54. The SMILES string of the molecule is CO[Si](CC[Si]1(C)O[Si](C)(C)O[Si](C)(CC[Si](C)(C)OC[SiH2]C)O[Si](C)(C)O1)(OC)OC. The monoisotopic (exact) mass is 576 g/mol. The van der Waals surface area contributed by atoms with Gasteiger partial charge in [0, 0.05) is 43.1 Å². The maximum absolute atomic E-state index is 6.82. The molecule has 1 heterocycles. The van der Waals surface area contributed by atoms with Crippen LogP contribution in [0.1, 0.15) is 0 Å². The molecule has 0 aliphatic carbocycles. The van der Waals surface area contributed by atoms with Gasteiger partial charge in [0.1, 0.15) is 0 Å². The highest BCUT2D eigenvalue weighted by Crippen LogP contribution is 2.37. The lowest BCUT2D eigenvalue weighted by molar-refractivity contribution is 0.124. The number of hydrogen-bond donors (Lipinski definition) is 0. The molecule has 0 aromatic rings. The molecule has 8 nitrogen and oxygen atoms in total. The highest BCUT2D eigenvalue weighted by atomic mass is 28.5. The standard InChI is InChI=1S/C17H48O8Si7/c1-18-32(19-2,20-3)16-15-31(12)24-28(7,8)22-30(11,23-29(9,10)25-31)14-13-27(5,6)21-17-26-4/h13-17,26H2,1-12H3. The van der Waals surface area contributed by atoms with E-state index in [4.69, 9.17) is 34.2 Å². The van der Waals surface area contributed by atoms with Crippen LogP contribution in [0.5, 0.6) is 0 Å². The minimum atomic E-state index is -2.72. The fraction of sp³-hybridized carbons (Fsp3) is 1.00. The van der Waals surface area contributed by atoms with Crippen LogP contribution in [0, 0.1) is 0 Å². The summed E-state index contributed by atoms with van der Waals surface area (Å²) in [5.74, 6) is 0. The van der Waals surface area contributed by atoms with Crippen LogP contribution in [0.4, 0.5) is 0 Å². The van der Waals surface area contributed by atoms with Crippen LogP contribution >= 0.6 is 0 Å². The zero-order valence-electron chi connectivity index (χ0n) is 22.5. The van der Waals surface area contributed by atoms with E-state index >= 15 is 0 Å². The lowest BCUT2D eigenvalue weighted by Gasteiger charge is -2.49. The molecule has 1 rings (SSSR count). The van der Waals surface area contributed by atoms with Gasteiger partial charge in [-0.2, -0.15) is 0 Å². The van der Waals surface area contributed by atoms with Gasteiger partial charge in [0.2, 0.25) is 0 Å². The summed E-state index contributed by atoms with van der Waals surface area (Å²) in [5, 5.41) is 0. The van der Waals surface area contributed by atoms with E-state index in [0.29, 0.717) is 12.1 Å². The topological polar surface area (TPSA) is 73.8 Å². The Morgan fingerprint density at radius 3 is 1.41 bits per heavy atom. The number of rotatable bonds is 12. The Labute approximate surface area is 205 Å². The number of hydrogen-bond acceptors (Lipinski definition) is 8. The molecule has 0 saturated carbocycles. The zero-order valence-corrected chi connectivity index (χ0v) is 29.9. The normalized spacial score (nSPS) is 29.2. The van der Waals surface area contributed by atoms with Crippen LogP contribution in [0.3, 0.4) is 0 Å². The molecule has 1 aliphatic heterocycles. The first-order valence-corrected chi connectivity index (χ1v) is 29.7. The first-order chi connectivity index (χ1) is 14.5. The molecule has 0 atom stereocenters. The summed E-state index contributed by atoms with van der Waals surface area (Å²) in [6.07, 6.45) is 0.963. The summed E-state index contributed by atoms with van der Waals surface area (Å²) < 4.78 is 50.3. The van der Waals surface area contributed by atoms with E-state index in [1.807, 2.05) is 0 Å². The van der Waals surface area contributed by atoms with Crippen LogP contribution in [0.2, 0.25) is 83.1 Å². The van der Waals surface area contributed by atoms with E-state index in [0.717, 1.165) is 18.3 Å². The van der Waals surface area contributed by atoms with E-state index in [2.05, 4.69) is 58.9 Å². The Balaban J connectivity index is 3.03. The summed E-state index contributed by atoms with van der Waals surface area (Å²) >= 11 is 0. The van der Waals surface area contributed by atoms with Gasteiger partial charge in [-0.3, -0.25) is 0 Å². The van der Waals surface area contributed by atoms with Crippen molar-refractivity contribution in [2.75, 3.05) is 27.6 Å². The minimum absolute atomic E-state index is 0.0847. The maximum atomic E-state index is 6.82. The van der Waals surface area contributed by atoms with Crippen LogP contribution in [-0.2, 0) is 34.2 Å². The Morgan fingerprint density at radius 2 is 1.06 bits per heavy atom. The molecule has 1 saturated heterocycles. The molecule has 0 spiro atoms. The molecule has 1 aliphatic rings. The summed E-state index contributed by atoms with van der Waals surface area (Å²) in [5.41, 5.74) is 0. The van der Waals surface area contributed by atoms with Crippen molar-refractivity contribution in [3.05, 3.63) is 0 Å². The van der Waals surface area contributed by atoms with Crippen LogP contribution in [-0.4, -0.2) is 88.4 Å². The highest BCUT2D eigenvalue weighted by Gasteiger charge is 2.55.